The lowest BCUT2D eigenvalue weighted by molar-refractivity contribution is -0.0397. The Hall–Kier alpha value is -2.72. The Bertz CT molecular complexity index is 1330. The number of aromatic nitrogens is 2. The molecule has 8 rings (SSSR count). The summed E-state index contributed by atoms with van der Waals surface area (Å²) in [6, 6.07) is 19.0. The van der Waals surface area contributed by atoms with Gasteiger partial charge >= 0.3 is 0 Å². The molecule has 0 aliphatic heterocycles. The molecule has 4 aliphatic carbocycles. The first-order valence-electron chi connectivity index (χ1n) is 12.3. The first-order chi connectivity index (χ1) is 16.1. The Morgan fingerprint density at radius 1 is 0.939 bits per heavy atom. The maximum Gasteiger partial charge on any atom is 0.239 e. The van der Waals surface area contributed by atoms with Crippen molar-refractivity contribution in [1.82, 2.24) is 9.55 Å². The first-order valence-corrected chi connectivity index (χ1v) is 13.2. The van der Waals surface area contributed by atoms with Crippen LogP contribution in [0.3, 0.4) is 0 Å². The summed E-state index contributed by atoms with van der Waals surface area (Å²) in [6.45, 7) is 2.03. The van der Waals surface area contributed by atoms with Gasteiger partial charge in [-0.2, -0.15) is 0 Å². The highest BCUT2D eigenvalue weighted by molar-refractivity contribution is 7.13. The Kier molecular flexibility index (Phi) is 4.27. The second kappa shape index (κ2) is 7.14. The van der Waals surface area contributed by atoms with E-state index in [4.69, 9.17) is 4.98 Å². The first kappa shape index (κ1) is 19.7. The van der Waals surface area contributed by atoms with E-state index in [0.717, 1.165) is 75.4 Å². The van der Waals surface area contributed by atoms with Crippen LogP contribution >= 0.6 is 11.3 Å². The molecule has 33 heavy (non-hydrogen) atoms. The van der Waals surface area contributed by atoms with Gasteiger partial charge < -0.3 is 0 Å². The normalized spacial score (nSPS) is 28.0. The fraction of sp³-hybridized carbons (Fsp3) is 0.379. The molecule has 166 valence electrons. The zero-order valence-corrected chi connectivity index (χ0v) is 19.8. The topological polar surface area (TPSA) is 34.9 Å². The maximum absolute atomic E-state index is 14.7. The predicted molar refractivity (Wildman–Crippen MR) is 134 cm³/mol. The minimum atomic E-state index is -0.216. The summed E-state index contributed by atoms with van der Waals surface area (Å²) in [7, 11) is 0. The SMILES string of the molecule is Cc1ccc2c(-c3ccccc3)c(-c3cccs3)n(C(=O)C34CC5CC(CC(C5)C3)C4)c2n1. The summed E-state index contributed by atoms with van der Waals surface area (Å²) in [6.07, 6.45) is 7.20. The molecule has 0 amide bonds. The van der Waals surface area contributed by atoms with Gasteiger partial charge in [0.2, 0.25) is 5.91 Å². The molecule has 4 bridgehead atoms. The summed E-state index contributed by atoms with van der Waals surface area (Å²) in [5.41, 5.74) is 4.89. The van der Waals surface area contributed by atoms with Crippen LogP contribution < -0.4 is 0 Å². The Morgan fingerprint density at radius 2 is 1.64 bits per heavy atom. The highest BCUT2D eigenvalue weighted by Gasteiger charge is 2.55. The van der Waals surface area contributed by atoms with E-state index < -0.39 is 0 Å². The lowest BCUT2D eigenvalue weighted by Gasteiger charge is -2.55. The van der Waals surface area contributed by atoms with Crippen molar-refractivity contribution in [3.05, 3.63) is 65.7 Å². The molecule has 4 heteroatoms. The number of rotatable bonds is 3. The van der Waals surface area contributed by atoms with Gasteiger partial charge in [-0.15, -0.1) is 11.3 Å². The number of hydrogen-bond donors (Lipinski definition) is 0. The van der Waals surface area contributed by atoms with Crippen LogP contribution in [0.25, 0.3) is 32.7 Å². The van der Waals surface area contributed by atoms with Crippen molar-refractivity contribution >= 4 is 28.3 Å². The third-order valence-corrected chi connectivity index (χ3v) is 9.34. The number of hydrogen-bond acceptors (Lipinski definition) is 3. The Balaban J connectivity index is 1.52. The van der Waals surface area contributed by atoms with Gasteiger partial charge in [0.25, 0.3) is 0 Å². The number of carbonyl (C=O) groups is 1. The van der Waals surface area contributed by atoms with E-state index in [9.17, 15) is 4.79 Å². The molecule has 4 fully saturated rings. The molecule has 0 unspecified atom stereocenters. The van der Waals surface area contributed by atoms with E-state index in [2.05, 4.69) is 60.0 Å². The summed E-state index contributed by atoms with van der Waals surface area (Å²) in [5, 5.41) is 3.19. The van der Waals surface area contributed by atoms with Crippen LogP contribution in [0, 0.1) is 30.1 Å². The fourth-order valence-corrected chi connectivity index (χ4v) is 8.37. The van der Waals surface area contributed by atoms with Crippen LogP contribution in [0.2, 0.25) is 0 Å². The zero-order valence-electron chi connectivity index (χ0n) is 19.0. The van der Waals surface area contributed by atoms with E-state index in [-0.39, 0.29) is 5.41 Å². The van der Waals surface area contributed by atoms with E-state index >= 15 is 0 Å². The molecule has 1 aromatic carbocycles. The second-order valence-corrected chi connectivity index (χ2v) is 11.7. The van der Waals surface area contributed by atoms with Crippen LogP contribution in [0.15, 0.2) is 60.0 Å². The molecule has 3 heterocycles. The van der Waals surface area contributed by atoms with Gasteiger partial charge in [0.05, 0.1) is 16.0 Å². The highest BCUT2D eigenvalue weighted by Crippen LogP contribution is 2.61. The average Bonchev–Trinajstić information content (AvgIpc) is 3.44. The largest absolute Gasteiger partial charge is 0.273 e. The molecule has 0 spiro atoms. The van der Waals surface area contributed by atoms with E-state index in [1.165, 1.54) is 19.3 Å². The van der Waals surface area contributed by atoms with Gasteiger partial charge in [-0.25, -0.2) is 4.98 Å². The van der Waals surface area contributed by atoms with Crippen LogP contribution in [0.1, 0.15) is 49.0 Å². The number of thiophene rings is 1. The van der Waals surface area contributed by atoms with Crippen molar-refractivity contribution in [2.75, 3.05) is 0 Å². The summed E-state index contributed by atoms with van der Waals surface area (Å²) in [5.74, 6) is 2.50. The molecule has 0 radical (unpaired) electrons. The van der Waals surface area contributed by atoms with Gasteiger partial charge in [-0.3, -0.25) is 9.36 Å². The number of benzene rings is 1. The van der Waals surface area contributed by atoms with Crippen LogP contribution in [0.5, 0.6) is 0 Å². The van der Waals surface area contributed by atoms with E-state index in [1.807, 2.05) is 11.5 Å². The molecule has 0 atom stereocenters. The smallest absolute Gasteiger partial charge is 0.239 e. The van der Waals surface area contributed by atoms with Crippen molar-refractivity contribution in [2.45, 2.75) is 45.4 Å². The van der Waals surface area contributed by atoms with Gasteiger partial charge in [-0.05, 0) is 92.3 Å². The number of pyridine rings is 1. The molecule has 4 saturated carbocycles. The average molecular weight is 453 g/mol. The summed E-state index contributed by atoms with van der Waals surface area (Å²) in [4.78, 5) is 20.8. The fourth-order valence-electron chi connectivity index (χ4n) is 7.61. The molecule has 3 aromatic heterocycles. The zero-order chi connectivity index (χ0) is 22.2. The highest BCUT2D eigenvalue weighted by atomic mass is 32.1. The third-order valence-electron chi connectivity index (χ3n) is 8.47. The third kappa shape index (κ3) is 2.93. The lowest BCUT2D eigenvalue weighted by atomic mass is 9.49. The van der Waals surface area contributed by atoms with E-state index in [1.54, 1.807) is 11.3 Å². The maximum atomic E-state index is 14.7. The van der Waals surface area contributed by atoms with Crippen molar-refractivity contribution < 1.29 is 4.79 Å². The number of carbonyl (C=O) groups excluding carboxylic acids is 1. The summed E-state index contributed by atoms with van der Waals surface area (Å²) >= 11 is 1.71. The molecule has 3 nitrogen and oxygen atoms in total. The number of aryl methyl sites for hydroxylation is 1. The summed E-state index contributed by atoms with van der Waals surface area (Å²) < 4.78 is 2.05. The molecule has 0 N–H and O–H groups in total. The van der Waals surface area contributed by atoms with Gasteiger partial charge in [-0.1, -0.05) is 36.4 Å². The quantitative estimate of drug-likeness (QED) is 0.321. The van der Waals surface area contributed by atoms with Crippen molar-refractivity contribution in [2.24, 2.45) is 23.2 Å². The Labute approximate surface area is 198 Å². The van der Waals surface area contributed by atoms with Crippen molar-refractivity contribution in [3.8, 4) is 21.7 Å². The van der Waals surface area contributed by atoms with E-state index in [0.29, 0.717) is 5.91 Å². The molecule has 4 aliphatic rings. The van der Waals surface area contributed by atoms with Gasteiger partial charge in [0.15, 0.2) is 0 Å². The molecule has 0 saturated heterocycles. The van der Waals surface area contributed by atoms with Crippen molar-refractivity contribution in [1.29, 1.82) is 0 Å². The lowest BCUT2D eigenvalue weighted by Crippen LogP contribution is -2.51. The van der Waals surface area contributed by atoms with Crippen LogP contribution in [-0.2, 0) is 0 Å². The number of fused-ring (bicyclic) bond motifs is 1. The second-order valence-electron chi connectivity index (χ2n) is 10.7. The predicted octanol–water partition coefficient (Wildman–Crippen LogP) is 7.60. The monoisotopic (exact) mass is 452 g/mol. The Morgan fingerprint density at radius 3 is 2.27 bits per heavy atom. The number of nitrogens with zero attached hydrogens (tertiary/aromatic N) is 2. The minimum Gasteiger partial charge on any atom is -0.273 e. The van der Waals surface area contributed by atoms with Crippen molar-refractivity contribution in [3.63, 3.8) is 0 Å². The van der Waals surface area contributed by atoms with Gasteiger partial charge in [0.1, 0.15) is 5.65 Å². The molecule has 4 aromatic rings. The molecular weight excluding hydrogens is 424 g/mol. The standard InChI is InChI=1S/C29H28N2OS/c1-18-9-10-23-25(22-6-3-2-4-7-22)26(24-8-5-11-33-24)31(27(23)30-18)28(32)29-15-19-12-20(16-29)14-21(13-19)17-29/h2-11,19-21H,12-17H2,1H3. The van der Waals surface area contributed by atoms with Crippen LogP contribution in [0.4, 0.5) is 0 Å². The van der Waals surface area contributed by atoms with Gasteiger partial charge in [0, 0.05) is 16.6 Å². The molecular formula is C29H28N2OS. The minimum absolute atomic E-state index is 0.216. The van der Waals surface area contributed by atoms with Crippen LogP contribution in [-0.4, -0.2) is 15.5 Å².